The molecule has 0 saturated carbocycles. The number of rotatable bonds is 6. The maximum atomic E-state index is 12.5. The van der Waals surface area contributed by atoms with Gasteiger partial charge in [-0.1, -0.05) is 36.5 Å². The van der Waals surface area contributed by atoms with Gasteiger partial charge in [0.2, 0.25) is 5.91 Å². The second-order valence-corrected chi connectivity index (χ2v) is 5.91. The number of nitrogens with zero attached hydrogens (tertiary/aromatic N) is 1. The Balaban J connectivity index is 2.13. The molecule has 1 amide bonds. The summed E-state index contributed by atoms with van der Waals surface area (Å²) >= 11 is 6.50. The lowest BCUT2D eigenvalue weighted by atomic mass is 10.2. The van der Waals surface area contributed by atoms with Gasteiger partial charge in [-0.25, -0.2) is 0 Å². The van der Waals surface area contributed by atoms with Crippen molar-refractivity contribution in [1.29, 1.82) is 0 Å². The van der Waals surface area contributed by atoms with Crippen LogP contribution >= 0.6 is 23.6 Å². The van der Waals surface area contributed by atoms with Crippen LogP contribution in [0, 0.1) is 0 Å². The summed E-state index contributed by atoms with van der Waals surface area (Å²) in [6.45, 7) is 0.517. The molecule has 5 heteroatoms. The van der Waals surface area contributed by atoms with Crippen LogP contribution in [0.5, 0.6) is 0 Å². The third kappa shape index (κ3) is 4.15. The lowest BCUT2D eigenvalue weighted by Gasteiger charge is -2.22. The zero-order valence-electron chi connectivity index (χ0n) is 11.0. The average molecular weight is 304 g/mol. The number of carbonyl (C=O) groups is 1. The molecule has 0 bridgehead atoms. The predicted octanol–water partition coefficient (Wildman–Crippen LogP) is 3.00. The molecule has 0 spiro atoms. The molecule has 20 heavy (non-hydrogen) atoms. The first-order valence-electron chi connectivity index (χ1n) is 6.33. The molecule has 0 aliphatic carbocycles. The molecule has 104 valence electrons. The Hall–Kier alpha value is -1.72. The van der Waals surface area contributed by atoms with Crippen molar-refractivity contribution in [2.75, 3.05) is 11.4 Å². The first-order valence-corrected chi connectivity index (χ1v) is 7.61. The molecule has 1 heterocycles. The van der Waals surface area contributed by atoms with Crippen LogP contribution in [0.25, 0.3) is 0 Å². The molecule has 1 aromatic carbocycles. The third-order valence-corrected chi connectivity index (χ3v) is 3.94. The maximum Gasteiger partial charge on any atom is 0.232 e. The number of amides is 1. The topological polar surface area (TPSA) is 46.3 Å². The van der Waals surface area contributed by atoms with Crippen LogP contribution in [0.1, 0.15) is 11.3 Å². The Labute approximate surface area is 128 Å². The molecule has 2 N–H and O–H groups in total. The van der Waals surface area contributed by atoms with Crippen LogP contribution in [0.2, 0.25) is 0 Å². The standard InChI is InChI=1S/C15H16N2OS2/c16-14(19)8-9-17(12-5-2-1-3-6-12)15(18)11-13-7-4-10-20-13/h1-7,10H,8-9,11H2,(H2,16,19). The number of nitrogens with two attached hydrogens (primary N) is 1. The summed E-state index contributed by atoms with van der Waals surface area (Å²) < 4.78 is 0. The normalized spacial score (nSPS) is 10.2. The summed E-state index contributed by atoms with van der Waals surface area (Å²) in [6.07, 6.45) is 0.935. The first kappa shape index (κ1) is 14.7. The summed E-state index contributed by atoms with van der Waals surface area (Å²) in [4.78, 5) is 15.7. The van der Waals surface area contributed by atoms with Gasteiger partial charge in [-0.2, -0.15) is 0 Å². The molecule has 0 radical (unpaired) electrons. The molecule has 0 fully saturated rings. The molecule has 1 aromatic heterocycles. The fourth-order valence-electron chi connectivity index (χ4n) is 1.89. The summed E-state index contributed by atoms with van der Waals surface area (Å²) in [6, 6.07) is 13.5. The molecule has 3 nitrogen and oxygen atoms in total. The molecule has 0 saturated heterocycles. The van der Waals surface area contributed by atoms with Gasteiger partial charge in [0, 0.05) is 23.5 Å². The molecule has 0 atom stereocenters. The van der Waals surface area contributed by atoms with E-state index in [0.29, 0.717) is 24.4 Å². The van der Waals surface area contributed by atoms with E-state index < -0.39 is 0 Å². The number of carbonyl (C=O) groups excluding carboxylic acids is 1. The van der Waals surface area contributed by atoms with Crippen molar-refractivity contribution in [1.82, 2.24) is 0 Å². The Bertz CT molecular complexity index is 567. The van der Waals surface area contributed by atoms with Crippen LogP contribution in [0.4, 0.5) is 5.69 Å². The smallest absolute Gasteiger partial charge is 0.232 e. The summed E-state index contributed by atoms with van der Waals surface area (Å²) in [7, 11) is 0. The highest BCUT2D eigenvalue weighted by Gasteiger charge is 2.16. The summed E-state index contributed by atoms with van der Waals surface area (Å²) in [5.74, 6) is 0.0647. The van der Waals surface area contributed by atoms with Crippen molar-refractivity contribution >= 4 is 40.1 Å². The number of hydrogen-bond acceptors (Lipinski definition) is 3. The van der Waals surface area contributed by atoms with E-state index in [4.69, 9.17) is 18.0 Å². The summed E-state index contributed by atoms with van der Waals surface area (Å²) in [5, 5.41) is 1.98. The lowest BCUT2D eigenvalue weighted by Crippen LogP contribution is -2.34. The second kappa shape index (κ2) is 7.17. The highest BCUT2D eigenvalue weighted by Crippen LogP contribution is 2.17. The van der Waals surface area contributed by atoms with Gasteiger partial charge in [-0.15, -0.1) is 11.3 Å². The van der Waals surface area contributed by atoms with E-state index in [2.05, 4.69) is 0 Å². The number of anilines is 1. The molecular weight excluding hydrogens is 288 g/mol. The monoisotopic (exact) mass is 304 g/mol. The van der Waals surface area contributed by atoms with Gasteiger partial charge in [0.05, 0.1) is 11.4 Å². The van der Waals surface area contributed by atoms with Crippen molar-refractivity contribution in [3.8, 4) is 0 Å². The lowest BCUT2D eigenvalue weighted by molar-refractivity contribution is -0.117. The van der Waals surface area contributed by atoms with E-state index in [-0.39, 0.29) is 5.91 Å². The maximum absolute atomic E-state index is 12.5. The highest BCUT2D eigenvalue weighted by molar-refractivity contribution is 7.80. The number of hydrogen-bond donors (Lipinski definition) is 1. The predicted molar refractivity (Wildman–Crippen MR) is 88.2 cm³/mol. The largest absolute Gasteiger partial charge is 0.393 e. The minimum Gasteiger partial charge on any atom is -0.393 e. The Morgan fingerprint density at radius 2 is 1.95 bits per heavy atom. The van der Waals surface area contributed by atoms with Crippen LogP contribution in [0.3, 0.4) is 0 Å². The summed E-state index contributed by atoms with van der Waals surface area (Å²) in [5.41, 5.74) is 6.43. The Morgan fingerprint density at radius 3 is 2.55 bits per heavy atom. The number of para-hydroxylation sites is 1. The zero-order valence-corrected chi connectivity index (χ0v) is 12.6. The quantitative estimate of drug-likeness (QED) is 0.835. The number of thiophene rings is 1. The Kier molecular flexibility index (Phi) is 5.26. The third-order valence-electron chi connectivity index (χ3n) is 2.86. The van der Waals surface area contributed by atoms with Gasteiger partial charge in [0.15, 0.2) is 0 Å². The highest BCUT2D eigenvalue weighted by atomic mass is 32.1. The molecule has 0 aliphatic heterocycles. The fraction of sp³-hybridized carbons (Fsp3) is 0.200. The van der Waals surface area contributed by atoms with E-state index in [0.717, 1.165) is 10.6 Å². The van der Waals surface area contributed by atoms with Crippen molar-refractivity contribution < 1.29 is 4.79 Å². The zero-order chi connectivity index (χ0) is 14.4. The van der Waals surface area contributed by atoms with Gasteiger partial charge in [0.1, 0.15) is 0 Å². The van der Waals surface area contributed by atoms with Crippen LogP contribution in [-0.2, 0) is 11.2 Å². The first-order chi connectivity index (χ1) is 9.66. The minimum atomic E-state index is 0.0647. The second-order valence-electron chi connectivity index (χ2n) is 4.35. The van der Waals surface area contributed by atoms with Crippen molar-refractivity contribution in [2.24, 2.45) is 5.73 Å². The minimum absolute atomic E-state index is 0.0647. The fourth-order valence-corrected chi connectivity index (χ4v) is 2.67. The molecule has 0 unspecified atom stereocenters. The van der Waals surface area contributed by atoms with E-state index >= 15 is 0 Å². The van der Waals surface area contributed by atoms with Gasteiger partial charge in [-0.05, 0) is 23.6 Å². The van der Waals surface area contributed by atoms with Crippen molar-refractivity contribution in [3.63, 3.8) is 0 Å². The molecule has 2 aromatic rings. The van der Waals surface area contributed by atoms with Crippen LogP contribution in [-0.4, -0.2) is 17.4 Å². The van der Waals surface area contributed by atoms with E-state index in [1.807, 2.05) is 47.8 Å². The van der Waals surface area contributed by atoms with E-state index in [9.17, 15) is 4.79 Å². The van der Waals surface area contributed by atoms with Gasteiger partial charge in [-0.3, -0.25) is 4.79 Å². The van der Waals surface area contributed by atoms with Gasteiger partial charge in [0.25, 0.3) is 0 Å². The van der Waals surface area contributed by atoms with Crippen LogP contribution < -0.4 is 10.6 Å². The van der Waals surface area contributed by atoms with E-state index in [1.54, 1.807) is 16.2 Å². The molecule has 0 aliphatic rings. The molecular formula is C15H16N2OS2. The number of thiocarbonyl (C=S) groups is 1. The van der Waals surface area contributed by atoms with Gasteiger partial charge < -0.3 is 10.6 Å². The van der Waals surface area contributed by atoms with Gasteiger partial charge >= 0.3 is 0 Å². The average Bonchev–Trinajstić information content (AvgIpc) is 2.92. The SMILES string of the molecule is NC(=S)CCN(C(=O)Cc1cccs1)c1ccccc1. The molecule has 2 rings (SSSR count). The van der Waals surface area contributed by atoms with Crippen LogP contribution in [0.15, 0.2) is 47.8 Å². The van der Waals surface area contributed by atoms with Crippen molar-refractivity contribution in [2.45, 2.75) is 12.8 Å². The van der Waals surface area contributed by atoms with E-state index in [1.165, 1.54) is 0 Å². The number of benzene rings is 1. The Morgan fingerprint density at radius 1 is 1.20 bits per heavy atom. The van der Waals surface area contributed by atoms with Crippen molar-refractivity contribution in [3.05, 3.63) is 52.7 Å².